The van der Waals surface area contributed by atoms with Gasteiger partial charge in [-0.25, -0.2) is 9.67 Å². The number of rotatable bonds is 7. The molecule has 0 fully saturated rings. The Morgan fingerprint density at radius 3 is 2.61 bits per heavy atom. The minimum absolute atomic E-state index is 0.316. The molecule has 0 saturated carbocycles. The first-order chi connectivity index (χ1) is 13.0. The van der Waals surface area contributed by atoms with Gasteiger partial charge in [-0.15, -0.1) is 0 Å². The zero-order valence-corrected chi connectivity index (χ0v) is 18.5. The van der Waals surface area contributed by atoms with Crippen molar-refractivity contribution in [3.8, 4) is 11.1 Å². The van der Waals surface area contributed by atoms with Crippen LogP contribution in [-0.2, 0) is 18.0 Å². The molecule has 0 aliphatic heterocycles. The molecular weight excluding hydrogens is 453 g/mol. The minimum atomic E-state index is -4.31. The van der Waals surface area contributed by atoms with Gasteiger partial charge in [0.25, 0.3) is 0 Å². The second kappa shape index (κ2) is 8.00. The number of nitrogens with zero attached hydrogens (tertiary/aromatic N) is 4. The lowest BCUT2D eigenvalue weighted by atomic mass is 10.1. The van der Waals surface area contributed by atoms with Crippen LogP contribution in [0.15, 0.2) is 35.5 Å². The van der Waals surface area contributed by atoms with Gasteiger partial charge in [0.05, 0.1) is 17.9 Å². The van der Waals surface area contributed by atoms with Crippen LogP contribution in [0.2, 0.25) is 25.7 Å². The standard InChI is InChI=1S/C18H22BrF3N4OSi/c1-28(2,3)5-4-27-12-26-9-13(7-24-26)15-10-25(11-18(20,21)22)16-8-23-17(19)6-14(15)16/h6-10H,4-5,11-12H2,1-3H3. The number of hydrogen-bond acceptors (Lipinski definition) is 3. The van der Waals surface area contributed by atoms with E-state index in [1.807, 2.05) is 0 Å². The first-order valence-corrected chi connectivity index (χ1v) is 13.3. The van der Waals surface area contributed by atoms with Gasteiger partial charge in [-0.1, -0.05) is 19.6 Å². The molecule has 5 nitrogen and oxygen atoms in total. The molecule has 0 spiro atoms. The van der Waals surface area contributed by atoms with Crippen molar-refractivity contribution in [1.82, 2.24) is 19.3 Å². The molecule has 3 aromatic heterocycles. The van der Waals surface area contributed by atoms with Crippen LogP contribution in [0.1, 0.15) is 0 Å². The molecule has 3 heterocycles. The Kier molecular flexibility index (Phi) is 6.02. The summed E-state index contributed by atoms with van der Waals surface area (Å²) in [6.45, 7) is 6.77. The smallest absolute Gasteiger partial charge is 0.360 e. The van der Waals surface area contributed by atoms with Crippen molar-refractivity contribution in [2.75, 3.05) is 6.61 Å². The van der Waals surface area contributed by atoms with E-state index >= 15 is 0 Å². The number of hydrogen-bond donors (Lipinski definition) is 0. The molecule has 0 bridgehead atoms. The van der Waals surface area contributed by atoms with Crippen molar-refractivity contribution in [1.29, 1.82) is 0 Å². The minimum Gasteiger partial charge on any atom is -0.360 e. The third-order valence-corrected chi connectivity index (χ3v) is 6.39. The molecule has 0 aliphatic rings. The Morgan fingerprint density at radius 1 is 1.18 bits per heavy atom. The van der Waals surface area contributed by atoms with E-state index in [-0.39, 0.29) is 0 Å². The SMILES string of the molecule is C[Si](C)(C)CCOCn1cc(-c2cn(CC(F)(F)F)c3cnc(Br)cc23)cn1. The molecule has 0 N–H and O–H groups in total. The summed E-state index contributed by atoms with van der Waals surface area (Å²) in [4.78, 5) is 4.07. The molecular formula is C18H22BrF3N4OSi. The van der Waals surface area contributed by atoms with Crippen molar-refractivity contribution < 1.29 is 17.9 Å². The third-order valence-electron chi connectivity index (χ3n) is 4.25. The lowest BCUT2D eigenvalue weighted by Crippen LogP contribution is -2.22. The number of alkyl halides is 3. The summed E-state index contributed by atoms with van der Waals surface area (Å²) in [5.41, 5.74) is 1.84. The fourth-order valence-corrected chi connectivity index (χ4v) is 3.91. The van der Waals surface area contributed by atoms with Crippen LogP contribution in [0.3, 0.4) is 0 Å². The topological polar surface area (TPSA) is 44.9 Å². The van der Waals surface area contributed by atoms with E-state index in [9.17, 15) is 13.2 Å². The normalized spacial score (nSPS) is 12.8. The maximum atomic E-state index is 12.9. The second-order valence-corrected chi connectivity index (χ2v) is 14.4. The molecule has 3 rings (SSSR count). The zero-order valence-electron chi connectivity index (χ0n) is 15.9. The predicted octanol–water partition coefficient (Wildman–Crippen LogP) is 5.54. The number of aromatic nitrogens is 4. The molecule has 0 unspecified atom stereocenters. The van der Waals surface area contributed by atoms with Crippen LogP contribution in [0.5, 0.6) is 0 Å². The molecule has 0 atom stereocenters. The van der Waals surface area contributed by atoms with Gasteiger partial charge in [-0.3, -0.25) is 0 Å². The Labute approximate surface area is 170 Å². The molecule has 3 aromatic rings. The van der Waals surface area contributed by atoms with E-state index < -0.39 is 20.8 Å². The van der Waals surface area contributed by atoms with Gasteiger partial charge < -0.3 is 9.30 Å². The van der Waals surface area contributed by atoms with Gasteiger partial charge in [-0.2, -0.15) is 18.3 Å². The number of ether oxygens (including phenoxy) is 1. The average molecular weight is 475 g/mol. The van der Waals surface area contributed by atoms with Crippen molar-refractivity contribution in [2.24, 2.45) is 0 Å². The van der Waals surface area contributed by atoms with E-state index in [4.69, 9.17) is 4.74 Å². The molecule has 152 valence electrons. The number of halogens is 4. The molecule has 0 radical (unpaired) electrons. The van der Waals surface area contributed by atoms with Crippen LogP contribution in [0.25, 0.3) is 22.0 Å². The maximum Gasteiger partial charge on any atom is 0.406 e. The highest BCUT2D eigenvalue weighted by molar-refractivity contribution is 9.10. The third kappa shape index (κ3) is 5.45. The fraction of sp³-hybridized carbons (Fsp3) is 0.444. The van der Waals surface area contributed by atoms with Crippen molar-refractivity contribution in [3.63, 3.8) is 0 Å². The highest BCUT2D eigenvalue weighted by Crippen LogP contribution is 2.33. The Bertz CT molecular complexity index is 962. The summed E-state index contributed by atoms with van der Waals surface area (Å²) in [6, 6.07) is 2.78. The highest BCUT2D eigenvalue weighted by Gasteiger charge is 2.29. The Morgan fingerprint density at radius 2 is 1.93 bits per heavy atom. The quantitative estimate of drug-likeness (QED) is 0.256. The van der Waals surface area contributed by atoms with Gasteiger partial charge in [0.15, 0.2) is 0 Å². The molecule has 0 aliphatic carbocycles. The maximum absolute atomic E-state index is 12.9. The molecule has 0 saturated heterocycles. The van der Waals surface area contributed by atoms with Crippen LogP contribution in [0, 0.1) is 0 Å². The van der Waals surface area contributed by atoms with Gasteiger partial charge in [0.1, 0.15) is 17.9 Å². The average Bonchev–Trinajstić information content (AvgIpc) is 3.14. The largest absolute Gasteiger partial charge is 0.406 e. The number of fused-ring (bicyclic) bond motifs is 1. The van der Waals surface area contributed by atoms with E-state index in [1.54, 1.807) is 23.1 Å². The Balaban J connectivity index is 1.83. The van der Waals surface area contributed by atoms with Crippen LogP contribution >= 0.6 is 15.9 Å². The zero-order chi connectivity index (χ0) is 20.5. The second-order valence-electron chi connectivity index (χ2n) is 7.93. The number of pyridine rings is 1. The van der Waals surface area contributed by atoms with Gasteiger partial charge in [0, 0.05) is 43.6 Å². The first-order valence-electron chi connectivity index (χ1n) is 8.83. The predicted molar refractivity (Wildman–Crippen MR) is 109 cm³/mol. The monoisotopic (exact) mass is 474 g/mol. The summed E-state index contributed by atoms with van der Waals surface area (Å²) < 4.78 is 47.9. The summed E-state index contributed by atoms with van der Waals surface area (Å²) in [5.74, 6) is 0. The lowest BCUT2D eigenvalue weighted by molar-refractivity contribution is -0.139. The summed E-state index contributed by atoms with van der Waals surface area (Å²) in [6.07, 6.45) is 2.06. The van der Waals surface area contributed by atoms with E-state index in [0.29, 0.717) is 34.4 Å². The summed E-state index contributed by atoms with van der Waals surface area (Å²) in [5, 5.41) is 4.97. The van der Waals surface area contributed by atoms with E-state index in [1.165, 1.54) is 17.0 Å². The van der Waals surface area contributed by atoms with Gasteiger partial charge in [0.2, 0.25) is 0 Å². The van der Waals surface area contributed by atoms with Crippen LogP contribution in [0.4, 0.5) is 13.2 Å². The van der Waals surface area contributed by atoms with Crippen LogP contribution in [-0.4, -0.2) is 40.2 Å². The van der Waals surface area contributed by atoms with Crippen molar-refractivity contribution in [2.45, 2.75) is 45.1 Å². The molecule has 0 aromatic carbocycles. The molecule has 28 heavy (non-hydrogen) atoms. The lowest BCUT2D eigenvalue weighted by Gasteiger charge is -2.15. The van der Waals surface area contributed by atoms with Crippen molar-refractivity contribution >= 4 is 34.9 Å². The van der Waals surface area contributed by atoms with Crippen LogP contribution < -0.4 is 0 Å². The first kappa shape index (κ1) is 21.1. The fourth-order valence-electron chi connectivity index (χ4n) is 2.83. The molecule has 10 heteroatoms. The Hall–Kier alpha value is -1.65. The summed E-state index contributed by atoms with van der Waals surface area (Å²) in [7, 11) is -1.16. The highest BCUT2D eigenvalue weighted by atomic mass is 79.9. The van der Waals surface area contributed by atoms with Gasteiger partial charge in [-0.05, 0) is 28.0 Å². The molecule has 0 amide bonds. The van der Waals surface area contributed by atoms with E-state index in [0.717, 1.165) is 11.6 Å². The van der Waals surface area contributed by atoms with Crippen molar-refractivity contribution in [3.05, 3.63) is 35.5 Å². The van der Waals surface area contributed by atoms with E-state index in [2.05, 4.69) is 45.7 Å². The summed E-state index contributed by atoms with van der Waals surface area (Å²) >= 11 is 3.29. The van der Waals surface area contributed by atoms with Gasteiger partial charge >= 0.3 is 6.18 Å².